The van der Waals surface area contributed by atoms with Crippen molar-refractivity contribution in [2.45, 2.75) is 271 Å². The van der Waals surface area contributed by atoms with Crippen molar-refractivity contribution in [1.82, 2.24) is 0 Å². The van der Waals surface area contributed by atoms with E-state index in [2.05, 4.69) is 118 Å². The number of rotatable bonds is 51. The quantitative estimate of drug-likeness (QED) is 0.0262. The Kier molecular flexibility index (Phi) is 53.9. The van der Waals surface area contributed by atoms with Gasteiger partial charge in [0.2, 0.25) is 0 Å². The Hall–Kier alpha value is -3.67. The van der Waals surface area contributed by atoms with E-state index in [1.807, 2.05) is 0 Å². The number of ether oxygens (including phenoxy) is 3. The molecule has 0 rings (SSSR count). The topological polar surface area (TPSA) is 78.9 Å². The van der Waals surface area contributed by atoms with Crippen LogP contribution in [0.4, 0.5) is 0 Å². The average Bonchev–Trinajstić information content (AvgIpc) is 3.35. The first kappa shape index (κ1) is 65.3. The van der Waals surface area contributed by atoms with Crippen molar-refractivity contribution >= 4 is 17.9 Å². The third-order valence-corrected chi connectivity index (χ3v) is 12.1. The van der Waals surface area contributed by atoms with Gasteiger partial charge in [0.15, 0.2) is 6.10 Å². The lowest BCUT2D eigenvalue weighted by Crippen LogP contribution is -2.30. The van der Waals surface area contributed by atoms with Crippen molar-refractivity contribution in [2.24, 2.45) is 0 Å². The summed E-state index contributed by atoms with van der Waals surface area (Å²) in [6, 6.07) is 0. The molecule has 0 bridgehead atoms. The SMILES string of the molecule is CC/C=C\C/C=C\C/C=C\C/C=C\C/C=C\C/C=C\C/C=C\C/C=C\CCCCCCC(=O)OCC(COC(=O)CCCCCCCC)OC(=O)CCCCCCCCCCCCCCCCCC. The molecule has 1 atom stereocenters. The van der Waals surface area contributed by atoms with Gasteiger partial charge < -0.3 is 14.2 Å². The number of allylic oxidation sites excluding steroid dienone is 16. The molecule has 0 saturated heterocycles. The van der Waals surface area contributed by atoms with E-state index >= 15 is 0 Å². The van der Waals surface area contributed by atoms with Gasteiger partial charge in [0.25, 0.3) is 0 Å². The first-order valence-corrected chi connectivity index (χ1v) is 28.7. The Morgan fingerprint density at radius 2 is 0.565 bits per heavy atom. The smallest absolute Gasteiger partial charge is 0.306 e. The highest BCUT2D eigenvalue weighted by Crippen LogP contribution is 2.15. The summed E-state index contributed by atoms with van der Waals surface area (Å²) in [5.74, 6) is -0.916. The summed E-state index contributed by atoms with van der Waals surface area (Å²) >= 11 is 0. The zero-order valence-electron chi connectivity index (χ0n) is 45.0. The van der Waals surface area contributed by atoms with Gasteiger partial charge in [-0.15, -0.1) is 0 Å². The maximum atomic E-state index is 12.8. The van der Waals surface area contributed by atoms with Crippen LogP contribution in [0.25, 0.3) is 0 Å². The number of esters is 3. The zero-order chi connectivity index (χ0) is 50.0. The van der Waals surface area contributed by atoms with Gasteiger partial charge in [0, 0.05) is 19.3 Å². The van der Waals surface area contributed by atoms with Gasteiger partial charge in [-0.1, -0.05) is 259 Å². The molecule has 1 unspecified atom stereocenters. The summed E-state index contributed by atoms with van der Waals surface area (Å²) in [6.07, 6.45) is 75.7. The van der Waals surface area contributed by atoms with Crippen LogP contribution >= 0.6 is 0 Å². The molecule has 0 N–H and O–H groups in total. The van der Waals surface area contributed by atoms with Gasteiger partial charge in [0.05, 0.1) is 0 Å². The molecule has 0 spiro atoms. The van der Waals surface area contributed by atoms with Crippen LogP contribution in [-0.2, 0) is 28.6 Å². The minimum Gasteiger partial charge on any atom is -0.462 e. The van der Waals surface area contributed by atoms with Crippen LogP contribution < -0.4 is 0 Å². The summed E-state index contributed by atoms with van der Waals surface area (Å²) in [5, 5.41) is 0. The Morgan fingerprint density at radius 3 is 0.884 bits per heavy atom. The summed E-state index contributed by atoms with van der Waals surface area (Å²) in [7, 11) is 0. The maximum Gasteiger partial charge on any atom is 0.306 e. The fourth-order valence-corrected chi connectivity index (χ4v) is 7.81. The van der Waals surface area contributed by atoms with E-state index in [0.717, 1.165) is 122 Å². The van der Waals surface area contributed by atoms with Crippen molar-refractivity contribution in [1.29, 1.82) is 0 Å². The van der Waals surface area contributed by atoms with Crippen molar-refractivity contribution in [3.63, 3.8) is 0 Å². The van der Waals surface area contributed by atoms with Crippen LogP contribution in [0.3, 0.4) is 0 Å². The number of carbonyl (C=O) groups excluding carboxylic acids is 3. The minimum absolute atomic E-state index is 0.0839. The molecule has 0 fully saturated rings. The van der Waals surface area contributed by atoms with Crippen LogP contribution in [0.2, 0.25) is 0 Å². The maximum absolute atomic E-state index is 12.8. The standard InChI is InChI=1S/C63H106O6/c1-4-7-10-13-16-18-20-22-24-26-27-28-29-30-31-32-33-34-35-36-37-38-40-41-43-45-47-50-53-56-62(65)68-59-60(58-67-61(64)55-52-49-15-12-9-6-3)69-63(66)57-54-51-48-46-44-42-39-25-23-21-19-17-14-11-8-5-2/h7,10,16,18,22,24,27-28,30-31,33-34,36-37,40-41,60H,4-6,8-9,11-15,17,19-21,23,25-26,29,32,35,38-39,42-59H2,1-3H3/b10-7-,18-16-,24-22-,28-27-,31-30-,34-33-,37-36-,41-40-. The largest absolute Gasteiger partial charge is 0.462 e. The van der Waals surface area contributed by atoms with E-state index in [-0.39, 0.29) is 31.1 Å². The fraction of sp³-hybridized carbons (Fsp3) is 0.698. The van der Waals surface area contributed by atoms with Crippen LogP contribution in [0, 0.1) is 0 Å². The summed E-state index contributed by atoms with van der Waals surface area (Å²) in [6.45, 7) is 6.45. The number of unbranched alkanes of at least 4 members (excludes halogenated alkanes) is 24. The molecule has 0 aromatic carbocycles. The summed E-state index contributed by atoms with van der Waals surface area (Å²) < 4.78 is 16.7. The molecule has 0 amide bonds. The lowest BCUT2D eigenvalue weighted by Gasteiger charge is -2.18. The van der Waals surface area contributed by atoms with E-state index < -0.39 is 6.10 Å². The van der Waals surface area contributed by atoms with E-state index in [9.17, 15) is 14.4 Å². The third-order valence-electron chi connectivity index (χ3n) is 12.1. The van der Waals surface area contributed by atoms with Crippen LogP contribution in [0.15, 0.2) is 97.2 Å². The van der Waals surface area contributed by atoms with Crippen LogP contribution in [0.1, 0.15) is 265 Å². The Labute approximate surface area is 426 Å². The molecular weight excluding hydrogens is 853 g/mol. The molecule has 6 heteroatoms. The van der Waals surface area contributed by atoms with Gasteiger partial charge >= 0.3 is 17.9 Å². The van der Waals surface area contributed by atoms with Gasteiger partial charge in [-0.3, -0.25) is 14.4 Å². The second kappa shape index (κ2) is 56.9. The Morgan fingerprint density at radius 1 is 0.304 bits per heavy atom. The Bertz CT molecular complexity index is 1380. The van der Waals surface area contributed by atoms with Gasteiger partial charge in [-0.05, 0) is 83.5 Å². The highest BCUT2D eigenvalue weighted by Gasteiger charge is 2.19. The zero-order valence-corrected chi connectivity index (χ0v) is 45.0. The molecule has 394 valence electrons. The van der Waals surface area contributed by atoms with E-state index in [1.54, 1.807) is 0 Å². The van der Waals surface area contributed by atoms with Crippen molar-refractivity contribution in [2.75, 3.05) is 13.2 Å². The minimum atomic E-state index is -0.783. The number of hydrogen-bond acceptors (Lipinski definition) is 6. The molecular formula is C63H106O6. The van der Waals surface area contributed by atoms with Gasteiger partial charge in [-0.2, -0.15) is 0 Å². The van der Waals surface area contributed by atoms with Crippen LogP contribution in [-0.4, -0.2) is 37.2 Å². The van der Waals surface area contributed by atoms with Crippen molar-refractivity contribution in [3.8, 4) is 0 Å². The summed E-state index contributed by atoms with van der Waals surface area (Å²) in [5.41, 5.74) is 0. The predicted octanol–water partition coefficient (Wildman–Crippen LogP) is 19.3. The molecule has 69 heavy (non-hydrogen) atoms. The molecule has 0 radical (unpaired) electrons. The molecule has 0 aliphatic heterocycles. The first-order chi connectivity index (χ1) is 34.0. The number of carbonyl (C=O) groups is 3. The Balaban J connectivity index is 4.20. The molecule has 0 aliphatic rings. The molecule has 0 aliphatic carbocycles. The second-order valence-electron chi connectivity index (χ2n) is 18.8. The van der Waals surface area contributed by atoms with Gasteiger partial charge in [-0.25, -0.2) is 0 Å². The van der Waals surface area contributed by atoms with Crippen molar-refractivity contribution in [3.05, 3.63) is 97.2 Å². The molecule has 0 saturated carbocycles. The highest BCUT2D eigenvalue weighted by atomic mass is 16.6. The van der Waals surface area contributed by atoms with Crippen LogP contribution in [0.5, 0.6) is 0 Å². The van der Waals surface area contributed by atoms with Crippen molar-refractivity contribution < 1.29 is 28.6 Å². The first-order valence-electron chi connectivity index (χ1n) is 28.7. The monoisotopic (exact) mass is 959 g/mol. The average molecular weight is 960 g/mol. The number of hydrogen-bond donors (Lipinski definition) is 0. The molecule has 0 aromatic rings. The normalized spacial score (nSPS) is 12.8. The molecule has 0 aromatic heterocycles. The second-order valence-corrected chi connectivity index (χ2v) is 18.8. The predicted molar refractivity (Wildman–Crippen MR) is 297 cm³/mol. The van der Waals surface area contributed by atoms with E-state index in [1.165, 1.54) is 103 Å². The third kappa shape index (κ3) is 55.1. The lowest BCUT2D eigenvalue weighted by atomic mass is 10.0. The fourth-order valence-electron chi connectivity index (χ4n) is 7.81. The van der Waals surface area contributed by atoms with E-state index in [0.29, 0.717) is 19.3 Å². The molecule has 0 heterocycles. The van der Waals surface area contributed by atoms with Gasteiger partial charge in [0.1, 0.15) is 13.2 Å². The molecule has 6 nitrogen and oxygen atoms in total. The van der Waals surface area contributed by atoms with E-state index in [4.69, 9.17) is 14.2 Å². The highest BCUT2D eigenvalue weighted by molar-refractivity contribution is 5.71. The summed E-state index contributed by atoms with van der Waals surface area (Å²) in [4.78, 5) is 37.8. The lowest BCUT2D eigenvalue weighted by molar-refractivity contribution is -0.167.